The molecule has 0 amide bonds. The molecule has 2 N–H and O–H groups in total. The van der Waals surface area contributed by atoms with E-state index in [0.29, 0.717) is 12.3 Å². The summed E-state index contributed by atoms with van der Waals surface area (Å²) in [6.07, 6.45) is 6.96. The van der Waals surface area contributed by atoms with Crippen LogP contribution in [-0.2, 0) is 4.79 Å². The maximum Gasteiger partial charge on any atom is 0.136 e. The van der Waals surface area contributed by atoms with Crippen molar-refractivity contribution in [1.82, 2.24) is 0 Å². The molecule has 0 bridgehead atoms. The summed E-state index contributed by atoms with van der Waals surface area (Å²) < 4.78 is 0. The molecule has 3 nitrogen and oxygen atoms in total. The minimum absolute atomic E-state index is 0.0900. The van der Waals surface area contributed by atoms with Crippen LogP contribution in [0.1, 0.15) is 65.2 Å². The molecule has 2 aliphatic carbocycles. The Morgan fingerprint density at radius 3 is 2.67 bits per heavy atom. The first kappa shape index (κ1) is 14.0. The Balaban J connectivity index is 1.95. The molecule has 0 unspecified atom stereocenters. The van der Waals surface area contributed by atoms with Gasteiger partial charge >= 0.3 is 0 Å². The van der Waals surface area contributed by atoms with Crippen molar-refractivity contribution in [3.63, 3.8) is 0 Å². The van der Waals surface area contributed by atoms with Gasteiger partial charge in [-0.25, -0.2) is 0 Å². The van der Waals surface area contributed by atoms with E-state index in [0.717, 1.165) is 32.1 Å². The molecule has 2 fully saturated rings. The third kappa shape index (κ3) is 2.94. The van der Waals surface area contributed by atoms with Gasteiger partial charge in [0.15, 0.2) is 0 Å². The largest absolute Gasteiger partial charge is 0.390 e. The molecule has 0 aromatic rings. The number of aliphatic hydroxyl groups is 2. The minimum Gasteiger partial charge on any atom is -0.390 e. The normalized spacial score (nSPS) is 36.4. The molecule has 3 atom stereocenters. The summed E-state index contributed by atoms with van der Waals surface area (Å²) in [6, 6.07) is 0. The highest BCUT2D eigenvalue weighted by Crippen LogP contribution is 2.50. The van der Waals surface area contributed by atoms with Crippen LogP contribution in [0.2, 0.25) is 0 Å². The van der Waals surface area contributed by atoms with Crippen molar-refractivity contribution in [1.29, 1.82) is 0 Å². The zero-order chi connectivity index (χ0) is 13.4. The van der Waals surface area contributed by atoms with Crippen LogP contribution in [0.15, 0.2) is 0 Å². The molecule has 2 rings (SSSR count). The number of carbonyl (C=O) groups excluding carboxylic acids is 1. The standard InChI is InChI=1S/C15H26O3/c1-14(2,17)10-13(16)9-12-7-6-11-5-3-4-8-15(11,12)18/h11-12,17-18H,3-10H2,1-2H3/t11-,12-,15+/m0/s1. The van der Waals surface area contributed by atoms with Crippen LogP contribution in [0, 0.1) is 11.8 Å². The summed E-state index contributed by atoms with van der Waals surface area (Å²) in [5.74, 6) is 0.621. The van der Waals surface area contributed by atoms with Gasteiger partial charge in [-0.15, -0.1) is 0 Å². The first-order valence-electron chi connectivity index (χ1n) is 7.28. The summed E-state index contributed by atoms with van der Waals surface area (Å²) in [4.78, 5) is 12.0. The van der Waals surface area contributed by atoms with E-state index in [2.05, 4.69) is 0 Å². The lowest BCUT2D eigenvalue weighted by Crippen LogP contribution is -2.43. The maximum absolute atomic E-state index is 12.0. The molecule has 18 heavy (non-hydrogen) atoms. The highest BCUT2D eigenvalue weighted by atomic mass is 16.3. The second kappa shape index (κ2) is 4.93. The molecule has 104 valence electrons. The molecule has 2 aliphatic rings. The Bertz CT molecular complexity index is 318. The molecule has 0 radical (unpaired) electrons. The Kier molecular flexibility index (Phi) is 3.84. The lowest BCUT2D eigenvalue weighted by Gasteiger charge is -2.39. The summed E-state index contributed by atoms with van der Waals surface area (Å²) >= 11 is 0. The monoisotopic (exact) mass is 254 g/mol. The number of hydrogen-bond donors (Lipinski definition) is 2. The Morgan fingerprint density at radius 2 is 2.00 bits per heavy atom. The van der Waals surface area contributed by atoms with Crippen molar-refractivity contribution in [3.05, 3.63) is 0 Å². The molecule has 0 spiro atoms. The molecule has 0 aromatic carbocycles. The third-order valence-corrected chi connectivity index (χ3v) is 4.76. The van der Waals surface area contributed by atoms with Gasteiger partial charge in [-0.1, -0.05) is 12.8 Å². The zero-order valence-electron chi connectivity index (χ0n) is 11.6. The van der Waals surface area contributed by atoms with Crippen molar-refractivity contribution < 1.29 is 15.0 Å². The first-order chi connectivity index (χ1) is 8.31. The Morgan fingerprint density at radius 1 is 1.28 bits per heavy atom. The SMILES string of the molecule is CC(C)(O)CC(=O)C[C@@H]1CC[C@@H]2CCCC[C@@]21O. The van der Waals surface area contributed by atoms with Crippen LogP contribution in [-0.4, -0.2) is 27.2 Å². The van der Waals surface area contributed by atoms with E-state index in [-0.39, 0.29) is 18.1 Å². The molecule has 2 saturated carbocycles. The van der Waals surface area contributed by atoms with Gasteiger partial charge in [0.2, 0.25) is 0 Å². The fourth-order valence-electron chi connectivity index (χ4n) is 3.95. The maximum atomic E-state index is 12.0. The predicted octanol–water partition coefficient (Wildman–Crippen LogP) is 2.44. The van der Waals surface area contributed by atoms with Gasteiger partial charge in [0.1, 0.15) is 5.78 Å². The average molecular weight is 254 g/mol. The summed E-state index contributed by atoms with van der Waals surface area (Å²) in [6.45, 7) is 3.33. The molecular formula is C15H26O3. The molecular weight excluding hydrogens is 228 g/mol. The van der Waals surface area contributed by atoms with Gasteiger partial charge in [0.25, 0.3) is 0 Å². The van der Waals surface area contributed by atoms with E-state index in [4.69, 9.17) is 0 Å². The van der Waals surface area contributed by atoms with Crippen molar-refractivity contribution in [2.75, 3.05) is 0 Å². The topological polar surface area (TPSA) is 57.5 Å². The number of ketones is 1. The van der Waals surface area contributed by atoms with Gasteiger partial charge in [-0.3, -0.25) is 4.79 Å². The number of carbonyl (C=O) groups is 1. The van der Waals surface area contributed by atoms with E-state index < -0.39 is 11.2 Å². The lowest BCUT2D eigenvalue weighted by molar-refractivity contribution is -0.128. The van der Waals surface area contributed by atoms with Crippen molar-refractivity contribution in [2.45, 2.75) is 76.4 Å². The quantitative estimate of drug-likeness (QED) is 0.810. The van der Waals surface area contributed by atoms with Crippen LogP contribution in [0.3, 0.4) is 0 Å². The average Bonchev–Trinajstić information content (AvgIpc) is 2.53. The van der Waals surface area contributed by atoms with E-state index in [9.17, 15) is 15.0 Å². The summed E-state index contributed by atoms with van der Waals surface area (Å²) in [5.41, 5.74) is -1.52. The number of rotatable bonds is 4. The highest BCUT2D eigenvalue weighted by molar-refractivity contribution is 5.79. The molecule has 0 aliphatic heterocycles. The molecule has 3 heteroatoms. The second-order valence-electron chi connectivity index (χ2n) is 6.94. The van der Waals surface area contributed by atoms with Gasteiger partial charge in [-0.05, 0) is 51.4 Å². The Labute approximate surface area is 110 Å². The van der Waals surface area contributed by atoms with Gasteiger partial charge in [0.05, 0.1) is 11.2 Å². The highest BCUT2D eigenvalue weighted by Gasteiger charge is 2.49. The fraction of sp³-hybridized carbons (Fsp3) is 0.933. The van der Waals surface area contributed by atoms with Crippen molar-refractivity contribution in [3.8, 4) is 0 Å². The summed E-state index contributed by atoms with van der Waals surface area (Å²) in [7, 11) is 0. The van der Waals surface area contributed by atoms with Crippen LogP contribution in [0.25, 0.3) is 0 Å². The van der Waals surface area contributed by atoms with Gasteiger partial charge < -0.3 is 10.2 Å². The van der Waals surface area contributed by atoms with E-state index >= 15 is 0 Å². The van der Waals surface area contributed by atoms with E-state index in [1.165, 1.54) is 6.42 Å². The fourth-order valence-corrected chi connectivity index (χ4v) is 3.95. The number of hydrogen-bond acceptors (Lipinski definition) is 3. The Hall–Kier alpha value is -0.410. The zero-order valence-corrected chi connectivity index (χ0v) is 11.6. The molecule has 0 heterocycles. The third-order valence-electron chi connectivity index (χ3n) is 4.76. The summed E-state index contributed by atoms with van der Waals surface area (Å²) in [5, 5.41) is 20.5. The van der Waals surface area contributed by atoms with Crippen LogP contribution in [0.5, 0.6) is 0 Å². The van der Waals surface area contributed by atoms with Crippen LogP contribution in [0.4, 0.5) is 0 Å². The van der Waals surface area contributed by atoms with Crippen LogP contribution < -0.4 is 0 Å². The van der Waals surface area contributed by atoms with Gasteiger partial charge in [0, 0.05) is 12.8 Å². The van der Waals surface area contributed by atoms with Crippen LogP contribution >= 0.6 is 0 Å². The number of fused-ring (bicyclic) bond motifs is 1. The number of Topliss-reactive ketones (excluding diaryl/α,β-unsaturated/α-hetero) is 1. The van der Waals surface area contributed by atoms with Gasteiger partial charge in [-0.2, -0.15) is 0 Å². The van der Waals surface area contributed by atoms with E-state index in [1.54, 1.807) is 13.8 Å². The van der Waals surface area contributed by atoms with Crippen molar-refractivity contribution >= 4 is 5.78 Å². The predicted molar refractivity (Wildman–Crippen MR) is 70.2 cm³/mol. The van der Waals surface area contributed by atoms with E-state index in [1.807, 2.05) is 0 Å². The lowest BCUT2D eigenvalue weighted by atomic mass is 9.72. The molecule has 0 aromatic heterocycles. The minimum atomic E-state index is -0.926. The first-order valence-corrected chi connectivity index (χ1v) is 7.28. The smallest absolute Gasteiger partial charge is 0.136 e. The molecule has 0 saturated heterocycles. The van der Waals surface area contributed by atoms with Crippen molar-refractivity contribution in [2.24, 2.45) is 11.8 Å². The second-order valence-corrected chi connectivity index (χ2v) is 6.94.